The summed E-state index contributed by atoms with van der Waals surface area (Å²) in [5, 5.41) is 18.4. The second-order valence-corrected chi connectivity index (χ2v) is 17.7. The van der Waals surface area contributed by atoms with Gasteiger partial charge in [0.15, 0.2) is 23.2 Å². The number of aliphatic hydroxyl groups excluding tert-OH is 1. The molecule has 1 saturated heterocycles. The number of fused-ring (bicyclic) bond motifs is 3. The van der Waals surface area contributed by atoms with Crippen molar-refractivity contribution in [1.29, 1.82) is 0 Å². The molecule has 1 amide bonds. The molecule has 320 valence electrons. The fourth-order valence-electron chi connectivity index (χ4n) is 6.66. The third-order valence-electron chi connectivity index (χ3n) is 9.64. The lowest BCUT2D eigenvalue weighted by Gasteiger charge is -2.23. The lowest BCUT2D eigenvalue weighted by Crippen LogP contribution is -2.36. The molecule has 8 N–H and O–H groups in total. The molecule has 59 heavy (non-hydrogen) atoms. The maximum Gasteiger partial charge on any atom is 0.470 e. The second kappa shape index (κ2) is 19.0. The van der Waals surface area contributed by atoms with E-state index in [2.05, 4.69) is 63.9 Å². The van der Waals surface area contributed by atoms with E-state index in [0.717, 1.165) is 57.4 Å². The fraction of sp³-hybridized carbons (Fsp3) is 0.486. The maximum absolute atomic E-state index is 12.6. The topological polar surface area (TPSA) is 296 Å². The first kappa shape index (κ1) is 44.4. The minimum Gasteiger partial charge on any atom is -0.756 e. The van der Waals surface area contributed by atoms with Crippen LogP contribution in [-0.4, -0.2) is 116 Å². The molecule has 21 nitrogen and oxygen atoms in total. The van der Waals surface area contributed by atoms with Gasteiger partial charge in [-0.3, -0.25) is 18.5 Å². The summed E-state index contributed by atoms with van der Waals surface area (Å²) in [4.78, 5) is 72.4. The number of imidazole rings is 1. The van der Waals surface area contributed by atoms with Crippen molar-refractivity contribution in [3.8, 4) is 10.6 Å². The first-order valence-electron chi connectivity index (χ1n) is 18.8. The van der Waals surface area contributed by atoms with Crippen molar-refractivity contribution >= 4 is 71.7 Å². The molecule has 6 rings (SSSR count). The van der Waals surface area contributed by atoms with E-state index in [1.807, 2.05) is 33.3 Å². The lowest BCUT2D eigenvalue weighted by molar-refractivity contribution is -0.222. The Balaban J connectivity index is 0.945. The maximum atomic E-state index is 12.6. The molecule has 1 aromatic carbocycles. The van der Waals surface area contributed by atoms with E-state index >= 15 is 0 Å². The number of phosphoric ester groups is 2. The van der Waals surface area contributed by atoms with Gasteiger partial charge in [-0.25, -0.2) is 29.1 Å². The number of aliphatic hydroxyl groups is 1. The number of phosphoric acid groups is 2. The van der Waals surface area contributed by atoms with Crippen molar-refractivity contribution in [2.45, 2.75) is 63.1 Å². The molecule has 1 unspecified atom stereocenters. The van der Waals surface area contributed by atoms with Gasteiger partial charge in [0, 0.05) is 50.9 Å². The smallest absolute Gasteiger partial charge is 0.470 e. The predicted octanol–water partition coefficient (Wildman–Crippen LogP) is 1.37. The number of hydrogen-bond donors (Lipinski definition) is 7. The molecule has 0 spiro atoms. The molecule has 2 aliphatic heterocycles. The zero-order chi connectivity index (χ0) is 42.5. The zero-order valence-electron chi connectivity index (χ0n) is 32.6. The van der Waals surface area contributed by atoms with Crippen LogP contribution in [-0.2, 0) is 27.7 Å². The van der Waals surface area contributed by atoms with Crippen molar-refractivity contribution in [2.24, 2.45) is 0 Å². The molecular formula is C35H48N10O11P2S. The average Bonchev–Trinajstić information content (AvgIpc) is 3.69. The van der Waals surface area contributed by atoms with Gasteiger partial charge in [0.05, 0.1) is 27.4 Å². The Morgan fingerprint density at radius 2 is 1.83 bits per heavy atom. The van der Waals surface area contributed by atoms with Crippen LogP contribution in [0.5, 0.6) is 0 Å². The number of unbranched alkanes of at least 4 members (excludes halogenated alkanes) is 3. The molecular weight excluding hydrogens is 830 g/mol. The van der Waals surface area contributed by atoms with Crippen LogP contribution in [0.2, 0.25) is 0 Å². The van der Waals surface area contributed by atoms with Gasteiger partial charge in [-0.15, -0.1) is 11.3 Å². The van der Waals surface area contributed by atoms with Gasteiger partial charge in [0.1, 0.15) is 38.7 Å². The number of rotatable bonds is 19. The molecule has 2 aromatic heterocycles. The van der Waals surface area contributed by atoms with Crippen molar-refractivity contribution in [3.63, 3.8) is 0 Å². The number of hydrogen-bond acceptors (Lipinski definition) is 16. The van der Waals surface area contributed by atoms with E-state index in [1.165, 1.54) is 4.57 Å². The first-order valence-corrected chi connectivity index (χ1v) is 22.6. The predicted molar refractivity (Wildman–Crippen MR) is 218 cm³/mol. The van der Waals surface area contributed by atoms with Crippen molar-refractivity contribution < 1.29 is 52.4 Å². The van der Waals surface area contributed by atoms with Gasteiger partial charge in [-0.1, -0.05) is 12.8 Å². The minimum atomic E-state index is -5.27. The van der Waals surface area contributed by atoms with Gasteiger partial charge in [0.2, 0.25) is 17.2 Å². The summed E-state index contributed by atoms with van der Waals surface area (Å²) < 4.78 is 42.3. The van der Waals surface area contributed by atoms with Crippen molar-refractivity contribution in [1.82, 2.24) is 34.4 Å². The third kappa shape index (κ3) is 11.6. The Morgan fingerprint density at radius 1 is 1.07 bits per heavy atom. The largest absolute Gasteiger partial charge is 0.756 e. The van der Waals surface area contributed by atoms with Crippen LogP contribution in [0.3, 0.4) is 0 Å². The summed E-state index contributed by atoms with van der Waals surface area (Å²) in [6, 6.07) is 12.5. The van der Waals surface area contributed by atoms with E-state index in [4.69, 9.17) is 24.9 Å². The van der Waals surface area contributed by atoms with E-state index in [9.17, 15) is 33.7 Å². The van der Waals surface area contributed by atoms with Crippen LogP contribution >= 0.6 is 27.0 Å². The molecule has 1 fully saturated rings. The Bertz CT molecular complexity index is 2400. The molecule has 0 bridgehead atoms. The highest BCUT2D eigenvalue weighted by molar-refractivity contribution is 7.46. The number of nitrogen functional groups attached to an aromatic ring is 1. The van der Waals surface area contributed by atoms with Crippen LogP contribution in [0.25, 0.3) is 32.0 Å². The van der Waals surface area contributed by atoms with Crippen LogP contribution in [0.1, 0.15) is 44.8 Å². The highest BCUT2D eigenvalue weighted by atomic mass is 32.1. The Hall–Kier alpha value is -4.18. The number of nitrogens with two attached hydrogens (primary N) is 1. The Kier molecular flexibility index (Phi) is 14.3. The summed E-state index contributed by atoms with van der Waals surface area (Å²) in [7, 11) is -4.43. The summed E-state index contributed by atoms with van der Waals surface area (Å²) in [5.74, 6) is 0.115. The van der Waals surface area contributed by atoms with Crippen LogP contribution in [0, 0.1) is 0 Å². The van der Waals surface area contributed by atoms with Crippen LogP contribution in [0.15, 0.2) is 42.7 Å². The van der Waals surface area contributed by atoms with Gasteiger partial charge in [0.25, 0.3) is 7.82 Å². The van der Waals surface area contributed by atoms with Crippen molar-refractivity contribution in [3.05, 3.63) is 48.1 Å². The third-order valence-corrected chi connectivity index (χ3v) is 11.7. The van der Waals surface area contributed by atoms with Gasteiger partial charge < -0.3 is 55.2 Å². The molecule has 3 aliphatic rings. The van der Waals surface area contributed by atoms with Gasteiger partial charge >= 0.3 is 7.82 Å². The van der Waals surface area contributed by atoms with Gasteiger partial charge in [-0.05, 0) is 43.5 Å². The Morgan fingerprint density at radius 3 is 2.56 bits per heavy atom. The molecule has 0 radical (unpaired) electrons. The highest BCUT2D eigenvalue weighted by Crippen LogP contribution is 2.46. The quantitative estimate of drug-likeness (QED) is 0.0267. The molecule has 24 heteroatoms. The number of benzene rings is 2. The number of nitrogens with zero attached hydrogens (tertiary/aromatic N) is 7. The SMILES string of the molecule is CN(CCCC(=O)NCCCCCCNc1nc2c(N)ncnc2n1[C@@H]1O[C@H](COP(=O)([O-])O)[C@@H](OP(=O)(O)O)[C@H]1O)c1ccc2nc3ccc(=[N+](C)C)cc-3sc2c1. The van der Waals surface area contributed by atoms with Gasteiger partial charge in [-0.2, -0.15) is 0 Å². The average molecular weight is 879 g/mol. The number of carbonyl (C=O) groups excluding carboxylic acids is 1. The van der Waals surface area contributed by atoms with Crippen LogP contribution in [0.4, 0.5) is 17.5 Å². The number of aromatic nitrogens is 5. The zero-order valence-corrected chi connectivity index (χ0v) is 35.2. The minimum absolute atomic E-state index is 0.00448. The number of anilines is 3. The molecule has 0 saturated carbocycles. The summed E-state index contributed by atoms with van der Waals surface area (Å²) in [6.45, 7) is 0.712. The molecule has 5 atom stereocenters. The summed E-state index contributed by atoms with van der Waals surface area (Å²) in [6.07, 6.45) is -1.31. The fourth-order valence-corrected chi connectivity index (χ4v) is 8.60. The van der Waals surface area contributed by atoms with Crippen molar-refractivity contribution in [2.75, 3.05) is 63.3 Å². The van der Waals surface area contributed by atoms with E-state index in [0.29, 0.717) is 38.9 Å². The monoisotopic (exact) mass is 878 g/mol. The molecule has 4 heterocycles. The first-order chi connectivity index (χ1) is 28.0. The van der Waals surface area contributed by atoms with E-state index < -0.39 is 46.8 Å². The molecule has 3 aromatic rings. The number of carbonyl (C=O) groups is 1. The molecule has 1 aliphatic carbocycles. The Labute approximate surface area is 342 Å². The number of nitrogens with one attached hydrogen (secondary N) is 2. The van der Waals surface area contributed by atoms with Crippen LogP contribution < -0.4 is 36.1 Å². The summed E-state index contributed by atoms with van der Waals surface area (Å²) >= 11 is 1.71. The second-order valence-electron chi connectivity index (χ2n) is 14.2. The standard InChI is InChI=1S/C35H48N10O11P2S/c1-43(2)21-10-12-23-26(17-21)59-27-18-22(11-13-24(27)41-23)44(3)16-8-9-28(46)37-14-6-4-5-7-15-38-35-42-29-32(36)39-20-40-33(29)45(35)34-30(47)31(56-58(51,52)53)25(55-34)19-54-57(48,49)50/h10-13,17-18,20,25,30-31,34,36,41,47H,4-9,14-16,19H2,1-3H3,(H5,37,46,48,49,50,51,52,53)/t25-,30-,31-,34-/m1/s1. The van der Waals surface area contributed by atoms with E-state index in [1.54, 1.807) is 11.3 Å². The number of amides is 1. The summed E-state index contributed by atoms with van der Waals surface area (Å²) in [5.41, 5.74) is 9.23. The lowest BCUT2D eigenvalue weighted by atomic mass is 10.1. The number of ether oxygens (including phenoxy) is 1. The highest BCUT2D eigenvalue weighted by Gasteiger charge is 2.50. The van der Waals surface area contributed by atoms with E-state index in [-0.39, 0.29) is 28.8 Å². The normalized spacial score (nSPS) is 19.3.